The number of nitrogens with zero attached hydrogens (tertiary/aromatic N) is 1. The van der Waals surface area contributed by atoms with Crippen LogP contribution in [0.25, 0.3) is 0 Å². The molecule has 9 nitrogen and oxygen atoms in total. The molecule has 0 radical (unpaired) electrons. The molecular weight excluding hydrogens is 340 g/mol. The number of hydrogen-bond acceptors (Lipinski definition) is 6. The Bertz CT molecular complexity index is 620. The summed E-state index contributed by atoms with van der Waals surface area (Å²) in [6.07, 6.45) is 2.62. The smallest absolute Gasteiger partial charge is 0.408 e. The number of carbonyl (C=O) groups is 3. The zero-order valence-electron chi connectivity index (χ0n) is 16.1. The Balaban J connectivity index is 2.65. The Hall–Kier alpha value is -2.58. The molecule has 3 N–H and O–H groups in total. The number of esters is 1. The molecule has 0 aliphatic heterocycles. The van der Waals surface area contributed by atoms with Crippen molar-refractivity contribution in [3.63, 3.8) is 0 Å². The first-order chi connectivity index (χ1) is 11.9. The maximum Gasteiger partial charge on any atom is 0.408 e. The number of imidazole rings is 1. The molecular formula is C17H28N4O5. The fraction of sp³-hybridized carbons (Fsp3) is 0.647. The predicted octanol–water partition coefficient (Wildman–Crippen LogP) is 1.30. The van der Waals surface area contributed by atoms with Gasteiger partial charge in [-0.25, -0.2) is 14.6 Å². The molecule has 1 atom stereocenters. The molecule has 1 aromatic rings. The lowest BCUT2D eigenvalue weighted by Gasteiger charge is -2.28. The zero-order chi connectivity index (χ0) is 20.0. The van der Waals surface area contributed by atoms with Gasteiger partial charge in [-0.15, -0.1) is 0 Å². The van der Waals surface area contributed by atoms with E-state index < -0.39 is 35.2 Å². The van der Waals surface area contributed by atoms with Gasteiger partial charge in [0.15, 0.2) is 0 Å². The highest BCUT2D eigenvalue weighted by molar-refractivity contribution is 5.85. The summed E-state index contributed by atoms with van der Waals surface area (Å²) in [5.74, 6) is -0.966. The molecule has 0 fully saturated rings. The topological polar surface area (TPSA) is 122 Å². The van der Waals surface area contributed by atoms with Crippen molar-refractivity contribution < 1.29 is 23.9 Å². The first kappa shape index (κ1) is 21.5. The van der Waals surface area contributed by atoms with Gasteiger partial charge in [0, 0.05) is 30.3 Å². The zero-order valence-corrected chi connectivity index (χ0v) is 16.1. The Morgan fingerprint density at radius 2 is 1.88 bits per heavy atom. The van der Waals surface area contributed by atoms with Gasteiger partial charge in [0.05, 0.1) is 13.4 Å². The molecule has 9 heteroatoms. The summed E-state index contributed by atoms with van der Waals surface area (Å²) in [4.78, 5) is 42.9. The molecule has 26 heavy (non-hydrogen) atoms. The molecule has 146 valence electrons. The van der Waals surface area contributed by atoms with E-state index in [9.17, 15) is 14.4 Å². The predicted molar refractivity (Wildman–Crippen MR) is 94.3 cm³/mol. The minimum Gasteiger partial charge on any atom is -0.467 e. The first-order valence-electron chi connectivity index (χ1n) is 8.27. The number of aromatic nitrogens is 2. The molecule has 0 bridgehead atoms. The van der Waals surface area contributed by atoms with Gasteiger partial charge in [-0.2, -0.15) is 0 Å². The Morgan fingerprint density at radius 3 is 2.38 bits per heavy atom. The van der Waals surface area contributed by atoms with Crippen molar-refractivity contribution >= 4 is 18.0 Å². The van der Waals surface area contributed by atoms with Crippen LogP contribution in [0.15, 0.2) is 12.5 Å². The lowest BCUT2D eigenvalue weighted by Crippen LogP contribution is -2.51. The van der Waals surface area contributed by atoms with Gasteiger partial charge < -0.3 is 25.1 Å². The molecule has 1 heterocycles. The van der Waals surface area contributed by atoms with Gasteiger partial charge in [-0.1, -0.05) is 0 Å². The highest BCUT2D eigenvalue weighted by Crippen LogP contribution is 2.13. The van der Waals surface area contributed by atoms with E-state index in [0.29, 0.717) is 5.69 Å². The van der Waals surface area contributed by atoms with Crippen molar-refractivity contribution in [3.05, 3.63) is 18.2 Å². The van der Waals surface area contributed by atoms with Crippen molar-refractivity contribution in [2.45, 2.75) is 64.6 Å². The minimum absolute atomic E-state index is 0.0390. The molecule has 0 spiro atoms. The fourth-order valence-electron chi connectivity index (χ4n) is 2.22. The summed E-state index contributed by atoms with van der Waals surface area (Å²) < 4.78 is 9.93. The molecule has 0 saturated heterocycles. The highest BCUT2D eigenvalue weighted by Gasteiger charge is 2.29. The molecule has 1 rings (SSSR count). The van der Waals surface area contributed by atoms with Crippen LogP contribution in [-0.4, -0.2) is 52.2 Å². The van der Waals surface area contributed by atoms with Crippen LogP contribution in [0, 0.1) is 0 Å². The van der Waals surface area contributed by atoms with Gasteiger partial charge in [0.2, 0.25) is 5.91 Å². The Kier molecular flexibility index (Phi) is 7.17. The number of amides is 2. The Morgan fingerprint density at radius 1 is 1.23 bits per heavy atom. The summed E-state index contributed by atoms with van der Waals surface area (Å²) in [5.41, 5.74) is -0.810. The quantitative estimate of drug-likeness (QED) is 0.624. The van der Waals surface area contributed by atoms with Crippen molar-refractivity contribution in [2.75, 3.05) is 7.11 Å². The fourth-order valence-corrected chi connectivity index (χ4v) is 2.22. The summed E-state index contributed by atoms with van der Waals surface area (Å²) in [7, 11) is 1.25. The second-order valence-corrected chi connectivity index (χ2v) is 7.61. The number of ether oxygens (including phenoxy) is 2. The van der Waals surface area contributed by atoms with E-state index in [-0.39, 0.29) is 12.8 Å². The van der Waals surface area contributed by atoms with E-state index in [1.807, 2.05) is 0 Å². The van der Waals surface area contributed by atoms with Gasteiger partial charge in [-0.05, 0) is 34.6 Å². The van der Waals surface area contributed by atoms with E-state index in [0.717, 1.165) is 0 Å². The van der Waals surface area contributed by atoms with Gasteiger partial charge >= 0.3 is 12.1 Å². The molecule has 1 aromatic heterocycles. The number of hydrogen-bond donors (Lipinski definition) is 3. The van der Waals surface area contributed by atoms with E-state index in [1.54, 1.807) is 40.8 Å². The van der Waals surface area contributed by atoms with Crippen LogP contribution < -0.4 is 10.6 Å². The summed E-state index contributed by atoms with van der Waals surface area (Å²) in [5, 5.41) is 5.28. The van der Waals surface area contributed by atoms with Crippen molar-refractivity contribution in [3.8, 4) is 0 Å². The normalized spacial score (nSPS) is 12.8. The number of H-pyrrole nitrogens is 1. The molecule has 0 saturated carbocycles. The van der Waals surface area contributed by atoms with Crippen molar-refractivity contribution in [1.82, 2.24) is 20.6 Å². The average Bonchev–Trinajstić information content (AvgIpc) is 2.95. The number of methoxy groups -OCH3 is 1. The average molecular weight is 368 g/mol. The monoisotopic (exact) mass is 368 g/mol. The highest BCUT2D eigenvalue weighted by atomic mass is 16.6. The van der Waals surface area contributed by atoms with E-state index in [4.69, 9.17) is 9.47 Å². The number of nitrogens with one attached hydrogen (secondary N) is 3. The lowest BCUT2D eigenvalue weighted by atomic mass is 10.00. The standard InChI is InChI=1S/C17H28N4O5/c1-16(2,3)26-15(24)21-17(4,5)8-13(22)20-12(14(23)25-6)7-11-9-18-10-19-11/h9-10,12H,7-8H2,1-6H3,(H,18,19)(H,20,22)(H,21,24). The number of rotatable bonds is 7. The van der Waals surface area contributed by atoms with Crippen LogP contribution in [0.3, 0.4) is 0 Å². The molecule has 2 amide bonds. The molecule has 0 aromatic carbocycles. The third-order valence-electron chi connectivity index (χ3n) is 3.24. The number of alkyl carbamates (subject to hydrolysis) is 1. The van der Waals surface area contributed by atoms with E-state index in [1.165, 1.54) is 13.4 Å². The van der Waals surface area contributed by atoms with E-state index >= 15 is 0 Å². The summed E-state index contributed by atoms with van der Waals surface area (Å²) in [6, 6.07) is -0.856. The number of aromatic amines is 1. The minimum atomic E-state index is -0.860. The van der Waals surface area contributed by atoms with Crippen LogP contribution in [0.1, 0.15) is 46.7 Å². The van der Waals surface area contributed by atoms with Crippen LogP contribution in [-0.2, 0) is 25.5 Å². The SMILES string of the molecule is COC(=O)C(Cc1cnc[nH]1)NC(=O)CC(C)(C)NC(=O)OC(C)(C)C. The third kappa shape index (κ3) is 8.00. The molecule has 0 aliphatic carbocycles. The molecule has 1 unspecified atom stereocenters. The summed E-state index contributed by atoms with van der Waals surface area (Å²) >= 11 is 0. The van der Waals surface area contributed by atoms with Crippen LogP contribution >= 0.6 is 0 Å². The maximum atomic E-state index is 12.3. The molecule has 0 aliphatic rings. The van der Waals surface area contributed by atoms with Crippen molar-refractivity contribution in [2.24, 2.45) is 0 Å². The van der Waals surface area contributed by atoms with Gasteiger partial charge in [-0.3, -0.25) is 4.79 Å². The van der Waals surface area contributed by atoms with E-state index in [2.05, 4.69) is 20.6 Å². The first-order valence-corrected chi connectivity index (χ1v) is 8.27. The second-order valence-electron chi connectivity index (χ2n) is 7.61. The Labute approximate surface area is 153 Å². The summed E-state index contributed by atoms with van der Waals surface area (Å²) in [6.45, 7) is 8.64. The third-order valence-corrected chi connectivity index (χ3v) is 3.24. The van der Waals surface area contributed by atoms with Gasteiger partial charge in [0.1, 0.15) is 11.6 Å². The largest absolute Gasteiger partial charge is 0.467 e. The van der Waals surface area contributed by atoms with Crippen LogP contribution in [0.2, 0.25) is 0 Å². The van der Waals surface area contributed by atoms with Crippen LogP contribution in [0.4, 0.5) is 4.79 Å². The van der Waals surface area contributed by atoms with Gasteiger partial charge in [0.25, 0.3) is 0 Å². The number of carbonyl (C=O) groups excluding carboxylic acids is 3. The van der Waals surface area contributed by atoms with Crippen molar-refractivity contribution in [1.29, 1.82) is 0 Å². The maximum absolute atomic E-state index is 12.3. The lowest BCUT2D eigenvalue weighted by molar-refractivity contribution is -0.145. The van der Waals surface area contributed by atoms with Crippen LogP contribution in [0.5, 0.6) is 0 Å². The second kappa shape index (κ2) is 8.68.